The van der Waals surface area contributed by atoms with E-state index in [0.29, 0.717) is 32.9 Å². The summed E-state index contributed by atoms with van der Waals surface area (Å²) in [5.74, 6) is -0.131. The number of nitrogens with zero attached hydrogens (tertiary/aromatic N) is 2. The minimum atomic E-state index is -0.150. The van der Waals surface area contributed by atoms with Crippen LogP contribution in [0.15, 0.2) is 47.6 Å². The van der Waals surface area contributed by atoms with Gasteiger partial charge < -0.3 is 0 Å². The first kappa shape index (κ1) is 20.5. The van der Waals surface area contributed by atoms with E-state index in [1.807, 2.05) is 35.3 Å². The van der Waals surface area contributed by atoms with Crippen molar-refractivity contribution in [2.45, 2.75) is 31.7 Å². The van der Waals surface area contributed by atoms with Crippen LogP contribution < -0.4 is 15.4 Å². The Kier molecular flexibility index (Phi) is 6.30. The molecule has 5 nitrogen and oxygen atoms in total. The van der Waals surface area contributed by atoms with Gasteiger partial charge in [-0.1, -0.05) is 46.9 Å². The molecule has 1 atom stereocenters. The zero-order chi connectivity index (χ0) is 20.4. The van der Waals surface area contributed by atoms with Crippen LogP contribution in [-0.2, 0) is 4.79 Å². The molecule has 1 unspecified atom stereocenters. The van der Waals surface area contributed by atoms with Crippen molar-refractivity contribution in [2.75, 3.05) is 18.1 Å². The van der Waals surface area contributed by atoms with Crippen LogP contribution in [0.1, 0.15) is 37.3 Å². The van der Waals surface area contributed by atoms with Crippen molar-refractivity contribution in [3.63, 3.8) is 0 Å². The Morgan fingerprint density at radius 3 is 2.38 bits per heavy atom. The average molecular weight is 453 g/mol. The fraction of sp³-hybridized carbons (Fsp3) is 0.333. The zero-order valence-electron chi connectivity index (χ0n) is 15.8. The number of hydrazone groups is 1. The second kappa shape index (κ2) is 8.92. The number of hydrogen-bond donors (Lipinski definition) is 2. The smallest absolute Gasteiger partial charge is 0.263 e. The molecule has 2 aromatic rings. The van der Waals surface area contributed by atoms with Crippen molar-refractivity contribution < 1.29 is 9.80 Å². The van der Waals surface area contributed by atoms with Crippen molar-refractivity contribution in [3.8, 4) is 0 Å². The van der Waals surface area contributed by atoms with Crippen LogP contribution in [0.5, 0.6) is 0 Å². The summed E-state index contributed by atoms with van der Waals surface area (Å²) in [6.45, 7) is 1.90. The maximum Gasteiger partial charge on any atom is 0.312 e. The molecule has 0 spiro atoms. The first-order valence-corrected chi connectivity index (χ1v) is 10.9. The lowest BCUT2D eigenvalue weighted by molar-refractivity contribution is -0.940. The summed E-state index contributed by atoms with van der Waals surface area (Å²) in [4.78, 5) is 12.9. The first-order chi connectivity index (χ1) is 14.0. The number of halogens is 3. The van der Waals surface area contributed by atoms with Gasteiger partial charge in [0.25, 0.3) is 0 Å². The van der Waals surface area contributed by atoms with Crippen LogP contribution in [-0.4, -0.2) is 24.7 Å². The van der Waals surface area contributed by atoms with E-state index in [0.717, 1.165) is 36.5 Å². The molecule has 1 fully saturated rings. The van der Waals surface area contributed by atoms with Gasteiger partial charge >= 0.3 is 5.91 Å². The summed E-state index contributed by atoms with van der Waals surface area (Å²) in [6.07, 6.45) is 3.96. The van der Waals surface area contributed by atoms with Crippen molar-refractivity contribution in [1.82, 2.24) is 5.43 Å². The standard InChI is InChI=1S/C21H21Cl3N4O/c22-15-6-4-14(5-7-15)20-13-18(21(29)26-27-10-2-1-3-11-27)25-28(20)19-9-8-16(23)12-17(19)24/h4-9,12,20H,1-3,10-11,13H2,(H,26,29)/p+1. The van der Waals surface area contributed by atoms with E-state index in [4.69, 9.17) is 34.8 Å². The minimum Gasteiger partial charge on any atom is -0.263 e. The summed E-state index contributed by atoms with van der Waals surface area (Å²) < 4.78 is 0. The predicted octanol–water partition coefficient (Wildman–Crippen LogP) is 4.05. The van der Waals surface area contributed by atoms with Gasteiger partial charge in [0, 0.05) is 16.5 Å². The van der Waals surface area contributed by atoms with Gasteiger partial charge in [-0.3, -0.25) is 9.80 Å². The van der Waals surface area contributed by atoms with Gasteiger partial charge in [-0.2, -0.15) is 10.5 Å². The van der Waals surface area contributed by atoms with Crippen molar-refractivity contribution in [2.24, 2.45) is 5.10 Å². The van der Waals surface area contributed by atoms with E-state index in [1.54, 1.807) is 12.1 Å². The van der Waals surface area contributed by atoms with Gasteiger partial charge in [0.1, 0.15) is 5.71 Å². The molecular weight excluding hydrogens is 431 g/mol. The molecule has 1 saturated heterocycles. The maximum absolute atomic E-state index is 12.9. The molecule has 0 aromatic heterocycles. The average Bonchev–Trinajstić information content (AvgIpc) is 3.14. The number of rotatable bonds is 4. The molecule has 152 valence electrons. The van der Waals surface area contributed by atoms with Crippen LogP contribution in [0.3, 0.4) is 0 Å². The first-order valence-electron chi connectivity index (χ1n) is 9.74. The Morgan fingerprint density at radius 2 is 1.69 bits per heavy atom. The molecule has 2 aliphatic heterocycles. The Labute approximate surface area is 185 Å². The molecule has 29 heavy (non-hydrogen) atoms. The van der Waals surface area contributed by atoms with Gasteiger partial charge in [-0.25, -0.2) is 5.01 Å². The van der Waals surface area contributed by atoms with Gasteiger partial charge in [0.2, 0.25) is 0 Å². The number of amides is 1. The van der Waals surface area contributed by atoms with Gasteiger partial charge in [0.15, 0.2) is 0 Å². The number of anilines is 1. The molecule has 0 saturated carbocycles. The molecular formula is C21H22Cl3N4O+. The molecule has 2 heterocycles. The maximum atomic E-state index is 12.9. The number of nitrogens with one attached hydrogen (secondary N) is 2. The Morgan fingerprint density at radius 1 is 1.00 bits per heavy atom. The highest BCUT2D eigenvalue weighted by Crippen LogP contribution is 2.39. The lowest BCUT2D eigenvalue weighted by atomic mass is 10.0. The number of piperidine rings is 1. The summed E-state index contributed by atoms with van der Waals surface area (Å²) in [7, 11) is 0. The monoisotopic (exact) mass is 451 g/mol. The third-order valence-electron chi connectivity index (χ3n) is 5.33. The number of carbonyl (C=O) groups excluding carboxylic acids is 1. The van der Waals surface area contributed by atoms with Gasteiger partial charge in [0.05, 0.1) is 29.8 Å². The van der Waals surface area contributed by atoms with E-state index in [1.165, 1.54) is 6.42 Å². The molecule has 2 aliphatic rings. The van der Waals surface area contributed by atoms with Gasteiger partial charge in [-0.15, -0.1) is 0 Å². The highest BCUT2D eigenvalue weighted by Gasteiger charge is 2.34. The molecule has 8 heteroatoms. The molecule has 0 aliphatic carbocycles. The summed E-state index contributed by atoms with van der Waals surface area (Å²) >= 11 is 18.6. The van der Waals surface area contributed by atoms with E-state index in [2.05, 4.69) is 10.5 Å². The van der Waals surface area contributed by atoms with Crippen LogP contribution in [0, 0.1) is 0 Å². The molecule has 4 rings (SSSR count). The fourth-order valence-corrected chi connectivity index (χ4v) is 4.44. The van der Waals surface area contributed by atoms with Crippen molar-refractivity contribution >= 4 is 52.1 Å². The number of hydrogen-bond acceptors (Lipinski definition) is 3. The van der Waals surface area contributed by atoms with Crippen LogP contribution in [0.25, 0.3) is 0 Å². The number of quaternary nitrogens is 1. The zero-order valence-corrected chi connectivity index (χ0v) is 18.1. The van der Waals surface area contributed by atoms with Crippen LogP contribution in [0.2, 0.25) is 15.1 Å². The van der Waals surface area contributed by atoms with Crippen LogP contribution in [0.4, 0.5) is 5.69 Å². The highest BCUT2D eigenvalue weighted by atomic mass is 35.5. The number of benzene rings is 2. The summed E-state index contributed by atoms with van der Waals surface area (Å²) in [6, 6.07) is 12.7. The van der Waals surface area contributed by atoms with E-state index in [9.17, 15) is 4.79 Å². The summed E-state index contributed by atoms with van der Waals surface area (Å²) in [5, 5.41) is 9.28. The molecule has 2 aromatic carbocycles. The SMILES string of the molecule is O=C(N[NH+]1CCCCC1)C1=NN(c2ccc(Cl)cc2Cl)C(c2ccc(Cl)cc2)C1. The third-order valence-corrected chi connectivity index (χ3v) is 6.12. The fourth-order valence-electron chi connectivity index (χ4n) is 3.82. The normalized spacial score (nSPS) is 19.9. The Balaban J connectivity index is 1.62. The second-order valence-corrected chi connectivity index (χ2v) is 8.66. The van der Waals surface area contributed by atoms with E-state index < -0.39 is 0 Å². The second-order valence-electron chi connectivity index (χ2n) is 7.38. The highest BCUT2D eigenvalue weighted by molar-refractivity contribution is 6.40. The molecule has 0 bridgehead atoms. The third kappa shape index (κ3) is 4.69. The van der Waals surface area contributed by atoms with Crippen LogP contribution >= 0.6 is 34.8 Å². The topological polar surface area (TPSA) is 49.1 Å². The Bertz CT molecular complexity index is 926. The minimum absolute atomic E-state index is 0.131. The quantitative estimate of drug-likeness (QED) is 0.735. The largest absolute Gasteiger partial charge is 0.312 e. The molecule has 1 amide bonds. The lowest BCUT2D eigenvalue weighted by Crippen LogP contribution is -3.20. The number of carbonyl (C=O) groups is 1. The van der Waals surface area contributed by atoms with Gasteiger partial charge in [-0.05, 0) is 55.2 Å². The lowest BCUT2D eigenvalue weighted by Gasteiger charge is -2.25. The van der Waals surface area contributed by atoms with E-state index in [-0.39, 0.29) is 11.9 Å². The van der Waals surface area contributed by atoms with Crippen molar-refractivity contribution in [3.05, 3.63) is 63.1 Å². The molecule has 2 N–H and O–H groups in total. The Hall–Kier alpha value is -1.79. The van der Waals surface area contributed by atoms with E-state index >= 15 is 0 Å². The summed E-state index contributed by atoms with van der Waals surface area (Å²) in [5.41, 5.74) is 5.30. The predicted molar refractivity (Wildman–Crippen MR) is 118 cm³/mol. The molecule has 0 radical (unpaired) electrons. The van der Waals surface area contributed by atoms with Crippen molar-refractivity contribution in [1.29, 1.82) is 0 Å².